The first-order valence-electron chi connectivity index (χ1n) is 7.40. The minimum atomic E-state index is 0.495. The summed E-state index contributed by atoms with van der Waals surface area (Å²) in [5.41, 5.74) is 0. The third-order valence-electron chi connectivity index (χ3n) is 5.00. The maximum atomic E-state index is 5.69. The van der Waals surface area contributed by atoms with E-state index in [0.717, 1.165) is 31.3 Å². The van der Waals surface area contributed by atoms with Gasteiger partial charge in [0.15, 0.2) is 0 Å². The van der Waals surface area contributed by atoms with Gasteiger partial charge >= 0.3 is 0 Å². The van der Waals surface area contributed by atoms with Crippen molar-refractivity contribution >= 4 is 0 Å². The van der Waals surface area contributed by atoms with Crippen LogP contribution in [0, 0.1) is 0 Å². The first-order chi connectivity index (χ1) is 8.33. The summed E-state index contributed by atoms with van der Waals surface area (Å²) in [5, 5.41) is 3.76. The molecule has 0 aromatic rings. The van der Waals surface area contributed by atoms with E-state index in [1.807, 2.05) is 0 Å². The monoisotopic (exact) mass is 238 g/mol. The zero-order valence-corrected chi connectivity index (χ0v) is 11.0. The van der Waals surface area contributed by atoms with Gasteiger partial charge in [0.05, 0.1) is 6.10 Å². The van der Waals surface area contributed by atoms with E-state index in [1.54, 1.807) is 0 Å². The van der Waals surface area contributed by atoms with Crippen LogP contribution in [0.15, 0.2) is 0 Å². The second-order valence-electron chi connectivity index (χ2n) is 6.12. The highest BCUT2D eigenvalue weighted by molar-refractivity contribution is 4.93. The minimum absolute atomic E-state index is 0.495. The highest BCUT2D eigenvalue weighted by atomic mass is 16.5. The summed E-state index contributed by atoms with van der Waals surface area (Å²) in [7, 11) is 2.32. The fourth-order valence-electron chi connectivity index (χ4n) is 3.89. The summed E-state index contributed by atoms with van der Waals surface area (Å²) in [6.45, 7) is 2.05. The van der Waals surface area contributed by atoms with Crippen molar-refractivity contribution in [3.8, 4) is 0 Å². The van der Waals surface area contributed by atoms with Gasteiger partial charge in [0.1, 0.15) is 0 Å². The van der Waals surface area contributed by atoms with E-state index in [9.17, 15) is 0 Å². The van der Waals surface area contributed by atoms with Crippen molar-refractivity contribution in [2.45, 2.75) is 69.2 Å². The molecule has 0 aromatic carbocycles. The number of hydrogen-bond acceptors (Lipinski definition) is 3. The zero-order valence-electron chi connectivity index (χ0n) is 11.0. The van der Waals surface area contributed by atoms with E-state index >= 15 is 0 Å². The summed E-state index contributed by atoms with van der Waals surface area (Å²) in [6, 6.07) is 2.42. The molecule has 3 saturated heterocycles. The normalized spacial score (nSPS) is 42.9. The summed E-state index contributed by atoms with van der Waals surface area (Å²) < 4.78 is 5.69. The van der Waals surface area contributed by atoms with E-state index in [4.69, 9.17) is 4.74 Å². The molecule has 0 spiro atoms. The second-order valence-corrected chi connectivity index (χ2v) is 6.12. The molecule has 3 heteroatoms. The second kappa shape index (κ2) is 5.25. The van der Waals surface area contributed by atoms with E-state index in [-0.39, 0.29) is 0 Å². The highest BCUT2D eigenvalue weighted by Gasteiger charge is 2.35. The number of ether oxygens (including phenoxy) is 1. The molecule has 98 valence electrons. The Kier molecular flexibility index (Phi) is 3.69. The molecule has 0 aromatic heterocycles. The Morgan fingerprint density at radius 2 is 1.88 bits per heavy atom. The molecule has 17 heavy (non-hydrogen) atoms. The molecule has 3 unspecified atom stereocenters. The molecule has 0 radical (unpaired) electrons. The van der Waals surface area contributed by atoms with E-state index in [1.165, 1.54) is 44.9 Å². The summed E-state index contributed by atoms with van der Waals surface area (Å²) in [6.07, 6.45) is 9.96. The lowest BCUT2D eigenvalue weighted by atomic mass is 9.82. The Balaban J connectivity index is 1.48. The van der Waals surface area contributed by atoms with Gasteiger partial charge in [0.2, 0.25) is 0 Å². The molecule has 0 saturated carbocycles. The lowest BCUT2D eigenvalue weighted by molar-refractivity contribution is 0.0422. The first-order valence-corrected chi connectivity index (χ1v) is 7.40. The Morgan fingerprint density at radius 1 is 1.12 bits per heavy atom. The van der Waals surface area contributed by atoms with Crippen LogP contribution in [-0.4, -0.2) is 49.3 Å². The van der Waals surface area contributed by atoms with Gasteiger partial charge in [-0.15, -0.1) is 0 Å². The largest absolute Gasteiger partial charge is 0.377 e. The molecule has 3 atom stereocenters. The van der Waals surface area contributed by atoms with Crippen LogP contribution in [0.25, 0.3) is 0 Å². The number of nitrogens with zero attached hydrogens (tertiary/aromatic N) is 1. The number of hydrogen-bond donors (Lipinski definition) is 1. The molecule has 1 N–H and O–H groups in total. The van der Waals surface area contributed by atoms with Crippen LogP contribution in [0.4, 0.5) is 0 Å². The molecule has 3 rings (SSSR count). The smallest absolute Gasteiger partial charge is 0.0700 e. The van der Waals surface area contributed by atoms with Crippen molar-refractivity contribution in [2.75, 3.05) is 20.2 Å². The van der Waals surface area contributed by atoms with Crippen molar-refractivity contribution < 1.29 is 4.74 Å². The standard InChI is InChI=1S/C14H26N2O/c1-16-12-4-2-5-13(16)9-11(8-12)15-10-14-6-3-7-17-14/h11-15H,2-10H2,1H3. The lowest BCUT2D eigenvalue weighted by Crippen LogP contribution is -2.55. The molecular weight excluding hydrogens is 212 g/mol. The van der Waals surface area contributed by atoms with Crippen molar-refractivity contribution in [3.05, 3.63) is 0 Å². The van der Waals surface area contributed by atoms with Gasteiger partial charge in [0.25, 0.3) is 0 Å². The van der Waals surface area contributed by atoms with Gasteiger partial charge in [-0.1, -0.05) is 6.42 Å². The van der Waals surface area contributed by atoms with Crippen LogP contribution in [0.2, 0.25) is 0 Å². The third-order valence-corrected chi connectivity index (χ3v) is 5.00. The maximum Gasteiger partial charge on any atom is 0.0700 e. The molecule has 3 fully saturated rings. The molecule has 3 heterocycles. The molecule has 2 bridgehead atoms. The lowest BCUT2D eigenvalue weighted by Gasteiger charge is -2.47. The molecule has 3 aliphatic rings. The number of nitrogens with one attached hydrogen (secondary N) is 1. The Bertz CT molecular complexity index is 239. The predicted octanol–water partition coefficient (Wildman–Crippen LogP) is 1.77. The third kappa shape index (κ3) is 2.67. The van der Waals surface area contributed by atoms with E-state index in [2.05, 4.69) is 17.3 Å². The van der Waals surface area contributed by atoms with Crippen molar-refractivity contribution in [3.63, 3.8) is 0 Å². The quantitative estimate of drug-likeness (QED) is 0.811. The number of rotatable bonds is 3. The molecule has 3 aliphatic heterocycles. The van der Waals surface area contributed by atoms with Crippen LogP contribution in [0.3, 0.4) is 0 Å². The van der Waals surface area contributed by atoms with Gasteiger partial charge in [-0.05, 0) is 45.6 Å². The topological polar surface area (TPSA) is 24.5 Å². The summed E-state index contributed by atoms with van der Waals surface area (Å²) in [5.74, 6) is 0. The maximum absolute atomic E-state index is 5.69. The van der Waals surface area contributed by atoms with E-state index < -0.39 is 0 Å². The zero-order chi connectivity index (χ0) is 11.7. The Hall–Kier alpha value is -0.120. The van der Waals surface area contributed by atoms with Crippen LogP contribution < -0.4 is 5.32 Å². The van der Waals surface area contributed by atoms with Crippen LogP contribution in [-0.2, 0) is 4.74 Å². The highest BCUT2D eigenvalue weighted by Crippen LogP contribution is 2.32. The van der Waals surface area contributed by atoms with Crippen LogP contribution in [0.1, 0.15) is 44.9 Å². The SMILES string of the molecule is CN1C2CCCC1CC(NCC1CCCO1)C2. The van der Waals surface area contributed by atoms with Crippen molar-refractivity contribution in [2.24, 2.45) is 0 Å². The fraction of sp³-hybridized carbons (Fsp3) is 1.00. The first kappa shape index (κ1) is 11.9. The van der Waals surface area contributed by atoms with Gasteiger partial charge < -0.3 is 15.0 Å². The minimum Gasteiger partial charge on any atom is -0.377 e. The average Bonchev–Trinajstić information content (AvgIpc) is 2.79. The Morgan fingerprint density at radius 3 is 2.53 bits per heavy atom. The summed E-state index contributed by atoms with van der Waals surface area (Å²) in [4.78, 5) is 2.63. The fourth-order valence-corrected chi connectivity index (χ4v) is 3.89. The van der Waals surface area contributed by atoms with Crippen LogP contribution in [0.5, 0.6) is 0 Å². The molecule has 0 aliphatic carbocycles. The van der Waals surface area contributed by atoms with Crippen molar-refractivity contribution in [1.29, 1.82) is 0 Å². The average molecular weight is 238 g/mol. The van der Waals surface area contributed by atoms with Gasteiger partial charge in [0, 0.05) is 31.3 Å². The van der Waals surface area contributed by atoms with Gasteiger partial charge in [-0.25, -0.2) is 0 Å². The summed E-state index contributed by atoms with van der Waals surface area (Å²) >= 11 is 0. The van der Waals surface area contributed by atoms with Gasteiger partial charge in [-0.3, -0.25) is 0 Å². The molecule has 3 nitrogen and oxygen atoms in total. The van der Waals surface area contributed by atoms with Crippen LogP contribution >= 0.6 is 0 Å². The van der Waals surface area contributed by atoms with E-state index in [0.29, 0.717) is 6.10 Å². The molecular formula is C14H26N2O. The Labute approximate surface area is 105 Å². The predicted molar refractivity (Wildman–Crippen MR) is 69.2 cm³/mol. The van der Waals surface area contributed by atoms with Gasteiger partial charge in [-0.2, -0.15) is 0 Å². The number of piperidine rings is 2. The van der Waals surface area contributed by atoms with Crippen molar-refractivity contribution in [1.82, 2.24) is 10.2 Å². The number of fused-ring (bicyclic) bond motifs is 2. The molecule has 0 amide bonds.